The lowest BCUT2D eigenvalue weighted by Gasteiger charge is -2.16. The molecule has 0 saturated carbocycles. The lowest BCUT2D eigenvalue weighted by molar-refractivity contribution is -0.123. The van der Waals surface area contributed by atoms with Gasteiger partial charge in [0.2, 0.25) is 0 Å². The van der Waals surface area contributed by atoms with Crippen molar-refractivity contribution in [2.45, 2.75) is 12.5 Å². The summed E-state index contributed by atoms with van der Waals surface area (Å²) in [5, 5.41) is 6.97. The van der Waals surface area contributed by atoms with Crippen LogP contribution in [0, 0.1) is 0 Å². The Morgan fingerprint density at radius 1 is 0.750 bits per heavy atom. The Bertz CT molecular complexity index is 1240. The van der Waals surface area contributed by atoms with Gasteiger partial charge < -0.3 is 10.1 Å². The van der Waals surface area contributed by atoms with E-state index in [1.807, 2.05) is 91.0 Å². The Balaban J connectivity index is 1.29. The van der Waals surface area contributed by atoms with E-state index in [-0.39, 0.29) is 18.4 Å². The number of nitrogens with one attached hydrogen (secondary N) is 2. The van der Waals surface area contributed by atoms with Gasteiger partial charge >= 0.3 is 0 Å². The van der Waals surface area contributed by atoms with E-state index in [2.05, 4.69) is 15.8 Å². The van der Waals surface area contributed by atoms with Gasteiger partial charge in [0.1, 0.15) is 5.75 Å². The van der Waals surface area contributed by atoms with Gasteiger partial charge in [0.05, 0.1) is 12.1 Å². The monoisotopic (exact) mass is 477 g/mol. The lowest BCUT2D eigenvalue weighted by Crippen LogP contribution is -2.28. The molecule has 4 aromatic carbocycles. The Labute approximate surface area is 210 Å². The highest BCUT2D eigenvalue weighted by molar-refractivity contribution is 5.88. The fourth-order valence-electron chi connectivity index (χ4n) is 3.67. The maximum Gasteiger partial charge on any atom is 0.258 e. The zero-order chi connectivity index (χ0) is 25.0. The summed E-state index contributed by atoms with van der Waals surface area (Å²) in [4.78, 5) is 25.0. The molecule has 0 bridgehead atoms. The average Bonchev–Trinajstić information content (AvgIpc) is 2.93. The molecule has 0 radical (unpaired) electrons. The molecule has 36 heavy (non-hydrogen) atoms. The third kappa shape index (κ3) is 7.14. The molecule has 6 nitrogen and oxygen atoms in total. The summed E-state index contributed by atoms with van der Waals surface area (Å²) in [7, 11) is 0. The number of nitrogens with zero attached hydrogens (tertiary/aromatic N) is 1. The molecule has 6 heteroatoms. The number of hydrogen-bond donors (Lipinski definition) is 2. The molecule has 0 aliphatic rings. The second kappa shape index (κ2) is 12.7. The van der Waals surface area contributed by atoms with Crippen LogP contribution in [0.1, 0.15) is 28.2 Å². The van der Waals surface area contributed by atoms with Gasteiger partial charge in [0.15, 0.2) is 6.61 Å². The fourth-order valence-corrected chi connectivity index (χ4v) is 3.67. The van der Waals surface area contributed by atoms with Crippen LogP contribution in [0.3, 0.4) is 0 Å². The Morgan fingerprint density at radius 3 is 1.89 bits per heavy atom. The second-order valence-corrected chi connectivity index (χ2v) is 8.11. The van der Waals surface area contributed by atoms with Crippen molar-refractivity contribution < 1.29 is 14.3 Å². The van der Waals surface area contributed by atoms with Gasteiger partial charge in [-0.3, -0.25) is 9.59 Å². The van der Waals surface area contributed by atoms with Crippen molar-refractivity contribution in [2.75, 3.05) is 6.61 Å². The first kappa shape index (κ1) is 24.4. The van der Waals surface area contributed by atoms with E-state index in [1.165, 1.54) is 0 Å². The number of rotatable bonds is 10. The standard InChI is InChI=1S/C30H27N3O3/c34-28(31-20-23-10-4-1-5-11-23)22-36-27-18-16-24(17-19-27)21-32-33-30(35)29(25-12-6-2-7-13-25)26-14-8-3-9-15-26/h1-19,21,29H,20,22H2,(H,31,34)(H,33,35)/b32-21+. The molecule has 2 N–H and O–H groups in total. The molecule has 0 aliphatic carbocycles. The highest BCUT2D eigenvalue weighted by Gasteiger charge is 2.22. The quantitative estimate of drug-likeness (QED) is 0.257. The van der Waals surface area contributed by atoms with Gasteiger partial charge in [-0.2, -0.15) is 5.10 Å². The zero-order valence-electron chi connectivity index (χ0n) is 19.7. The highest BCUT2D eigenvalue weighted by Crippen LogP contribution is 2.24. The van der Waals surface area contributed by atoms with E-state index in [1.54, 1.807) is 30.5 Å². The summed E-state index contributed by atoms with van der Waals surface area (Å²) in [6.07, 6.45) is 1.57. The minimum atomic E-state index is -0.464. The van der Waals surface area contributed by atoms with Crippen molar-refractivity contribution in [1.29, 1.82) is 0 Å². The average molecular weight is 478 g/mol. The minimum Gasteiger partial charge on any atom is -0.484 e. The summed E-state index contributed by atoms with van der Waals surface area (Å²) < 4.78 is 5.56. The molecule has 0 spiro atoms. The summed E-state index contributed by atoms with van der Waals surface area (Å²) >= 11 is 0. The van der Waals surface area contributed by atoms with Crippen LogP contribution in [-0.2, 0) is 16.1 Å². The van der Waals surface area contributed by atoms with Crippen molar-refractivity contribution in [2.24, 2.45) is 5.10 Å². The van der Waals surface area contributed by atoms with Gasteiger partial charge in [-0.15, -0.1) is 0 Å². The van der Waals surface area contributed by atoms with Crippen LogP contribution in [0.25, 0.3) is 0 Å². The molecule has 180 valence electrons. The zero-order valence-corrected chi connectivity index (χ0v) is 19.7. The van der Waals surface area contributed by atoms with E-state index < -0.39 is 5.92 Å². The van der Waals surface area contributed by atoms with Crippen LogP contribution in [0.2, 0.25) is 0 Å². The van der Waals surface area contributed by atoms with Crippen LogP contribution in [0.4, 0.5) is 0 Å². The van der Waals surface area contributed by atoms with Gasteiger partial charge in [-0.1, -0.05) is 91.0 Å². The molecule has 0 heterocycles. The minimum absolute atomic E-state index is 0.0727. The van der Waals surface area contributed by atoms with Crippen LogP contribution in [0.5, 0.6) is 5.75 Å². The number of amides is 2. The molecule has 2 amide bonds. The summed E-state index contributed by atoms with van der Waals surface area (Å²) in [6.45, 7) is 0.385. The first-order chi connectivity index (χ1) is 17.7. The van der Waals surface area contributed by atoms with Crippen LogP contribution in [0.15, 0.2) is 120 Å². The van der Waals surface area contributed by atoms with Crippen LogP contribution in [-0.4, -0.2) is 24.6 Å². The summed E-state index contributed by atoms with van der Waals surface area (Å²) in [6, 6.07) is 36.0. The summed E-state index contributed by atoms with van der Waals surface area (Å²) in [5.41, 5.74) is 6.26. The second-order valence-electron chi connectivity index (χ2n) is 8.11. The third-order valence-electron chi connectivity index (χ3n) is 5.50. The number of carbonyl (C=O) groups is 2. The smallest absolute Gasteiger partial charge is 0.258 e. The van der Waals surface area contributed by atoms with E-state index in [9.17, 15) is 9.59 Å². The molecule has 0 aliphatic heterocycles. The number of hydrazone groups is 1. The van der Waals surface area contributed by atoms with Gasteiger partial charge in [0.25, 0.3) is 11.8 Å². The van der Waals surface area contributed by atoms with Crippen LogP contribution >= 0.6 is 0 Å². The van der Waals surface area contributed by atoms with E-state index in [0.717, 1.165) is 22.3 Å². The topological polar surface area (TPSA) is 79.8 Å². The Hall–Kier alpha value is -4.71. The van der Waals surface area contributed by atoms with Gasteiger partial charge in [-0.25, -0.2) is 5.43 Å². The molecular weight excluding hydrogens is 450 g/mol. The molecule has 0 atom stereocenters. The van der Waals surface area contributed by atoms with E-state index in [4.69, 9.17) is 4.74 Å². The first-order valence-corrected chi connectivity index (χ1v) is 11.7. The molecule has 4 aromatic rings. The van der Waals surface area contributed by atoms with Crippen LogP contribution < -0.4 is 15.5 Å². The predicted octanol–water partition coefficient (Wildman–Crippen LogP) is 4.66. The molecule has 0 unspecified atom stereocenters. The first-order valence-electron chi connectivity index (χ1n) is 11.7. The van der Waals surface area contributed by atoms with Crippen molar-refractivity contribution in [3.63, 3.8) is 0 Å². The number of ether oxygens (including phenoxy) is 1. The highest BCUT2D eigenvalue weighted by atomic mass is 16.5. The largest absolute Gasteiger partial charge is 0.484 e. The van der Waals surface area contributed by atoms with Crippen molar-refractivity contribution in [1.82, 2.24) is 10.7 Å². The lowest BCUT2D eigenvalue weighted by atomic mass is 9.91. The van der Waals surface area contributed by atoms with E-state index >= 15 is 0 Å². The fraction of sp³-hybridized carbons (Fsp3) is 0.100. The van der Waals surface area contributed by atoms with Crippen molar-refractivity contribution in [3.05, 3.63) is 138 Å². The normalized spacial score (nSPS) is 10.8. The molecular formula is C30H27N3O3. The number of carbonyl (C=O) groups excluding carboxylic acids is 2. The van der Waals surface area contributed by atoms with Crippen molar-refractivity contribution in [3.8, 4) is 5.75 Å². The third-order valence-corrected chi connectivity index (χ3v) is 5.50. The van der Waals surface area contributed by atoms with Crippen molar-refractivity contribution >= 4 is 18.0 Å². The van der Waals surface area contributed by atoms with E-state index in [0.29, 0.717) is 12.3 Å². The number of hydrogen-bond acceptors (Lipinski definition) is 4. The predicted molar refractivity (Wildman–Crippen MR) is 141 cm³/mol. The Kier molecular flexibility index (Phi) is 8.59. The maximum absolute atomic E-state index is 13.0. The molecule has 0 fully saturated rings. The summed E-state index contributed by atoms with van der Waals surface area (Å²) in [5.74, 6) is -0.309. The SMILES string of the molecule is O=C(COc1ccc(/C=N/NC(=O)C(c2ccccc2)c2ccccc2)cc1)NCc1ccccc1. The molecule has 4 rings (SSSR count). The number of benzene rings is 4. The van der Waals surface area contributed by atoms with Gasteiger partial charge in [0, 0.05) is 6.54 Å². The molecule has 0 saturated heterocycles. The Morgan fingerprint density at radius 2 is 1.31 bits per heavy atom. The molecule has 0 aromatic heterocycles. The maximum atomic E-state index is 13.0. The van der Waals surface area contributed by atoms with Gasteiger partial charge in [-0.05, 0) is 46.5 Å².